The molecule has 1 nitrogen and oxygen atoms in total. The molecule has 0 spiro atoms. The number of benzene rings is 2. The van der Waals surface area contributed by atoms with E-state index in [1.807, 2.05) is 17.8 Å². The average molecular weight is 369 g/mol. The highest BCUT2D eigenvalue weighted by Crippen LogP contribution is 2.39. The molecule has 0 saturated carbocycles. The van der Waals surface area contributed by atoms with E-state index in [1.54, 1.807) is 0 Å². The quantitative estimate of drug-likeness (QED) is 0.691. The molecule has 1 aliphatic rings. The highest BCUT2D eigenvalue weighted by molar-refractivity contribution is 9.10. The molecule has 104 valence electrons. The molecule has 3 rings (SSSR count). The smallest absolute Gasteiger partial charge is 0.0533 e. The maximum absolute atomic E-state index is 6.15. The van der Waals surface area contributed by atoms with E-state index in [-0.39, 0.29) is 0 Å². The fourth-order valence-corrected chi connectivity index (χ4v) is 4.06. The van der Waals surface area contributed by atoms with Gasteiger partial charge >= 0.3 is 0 Å². The van der Waals surface area contributed by atoms with Crippen LogP contribution in [0, 0.1) is 6.92 Å². The summed E-state index contributed by atoms with van der Waals surface area (Å²) in [6.45, 7) is 2.10. The number of fused-ring (bicyclic) bond motifs is 1. The topological polar surface area (TPSA) is 12.0 Å². The number of anilines is 1. The third kappa shape index (κ3) is 3.00. The summed E-state index contributed by atoms with van der Waals surface area (Å²) in [7, 11) is 0. The van der Waals surface area contributed by atoms with Crippen molar-refractivity contribution in [2.75, 3.05) is 11.1 Å². The Labute approximate surface area is 137 Å². The SMILES string of the molecule is Cc1ccc(NC2CCSc3ccc(Cl)cc32)cc1Br. The Bertz CT molecular complexity index is 644. The molecule has 2 aromatic rings. The van der Waals surface area contributed by atoms with Gasteiger partial charge in [0.25, 0.3) is 0 Å². The maximum atomic E-state index is 6.15. The van der Waals surface area contributed by atoms with Gasteiger partial charge in [0.1, 0.15) is 0 Å². The number of rotatable bonds is 2. The average Bonchev–Trinajstić information content (AvgIpc) is 2.44. The van der Waals surface area contributed by atoms with Gasteiger partial charge in [0, 0.05) is 25.8 Å². The number of halogens is 2. The first-order valence-electron chi connectivity index (χ1n) is 6.58. The molecule has 1 atom stereocenters. The van der Waals surface area contributed by atoms with E-state index >= 15 is 0 Å². The lowest BCUT2D eigenvalue weighted by Gasteiger charge is -2.27. The second-order valence-electron chi connectivity index (χ2n) is 4.98. The molecule has 0 bridgehead atoms. The lowest BCUT2D eigenvalue weighted by molar-refractivity contribution is 0.728. The molecule has 1 heterocycles. The van der Waals surface area contributed by atoms with Crippen molar-refractivity contribution in [2.24, 2.45) is 0 Å². The first-order valence-corrected chi connectivity index (χ1v) is 8.74. The molecule has 4 heteroatoms. The van der Waals surface area contributed by atoms with Gasteiger partial charge in [0.05, 0.1) is 6.04 Å². The van der Waals surface area contributed by atoms with E-state index in [1.165, 1.54) is 16.0 Å². The fourth-order valence-electron chi connectivity index (χ4n) is 2.40. The van der Waals surface area contributed by atoms with Crippen LogP contribution in [0.2, 0.25) is 5.02 Å². The summed E-state index contributed by atoms with van der Waals surface area (Å²) in [6, 6.07) is 12.9. The summed E-state index contributed by atoms with van der Waals surface area (Å²) in [4.78, 5) is 1.34. The Morgan fingerprint density at radius 1 is 1.25 bits per heavy atom. The maximum Gasteiger partial charge on any atom is 0.0533 e. The number of hydrogen-bond donors (Lipinski definition) is 1. The summed E-state index contributed by atoms with van der Waals surface area (Å²) in [6.07, 6.45) is 1.11. The Balaban J connectivity index is 1.89. The van der Waals surface area contributed by atoms with Crippen LogP contribution in [0.25, 0.3) is 0 Å². The second-order valence-corrected chi connectivity index (χ2v) is 7.41. The Kier molecular flexibility index (Phi) is 4.29. The Hall–Kier alpha value is -0.640. The van der Waals surface area contributed by atoms with Crippen LogP contribution < -0.4 is 5.32 Å². The lowest BCUT2D eigenvalue weighted by atomic mass is 10.0. The second kappa shape index (κ2) is 6.00. The van der Waals surface area contributed by atoms with Crippen LogP contribution in [-0.2, 0) is 0 Å². The van der Waals surface area contributed by atoms with Gasteiger partial charge in [-0.25, -0.2) is 0 Å². The molecule has 1 aliphatic heterocycles. The monoisotopic (exact) mass is 367 g/mol. The highest BCUT2D eigenvalue weighted by atomic mass is 79.9. The van der Waals surface area contributed by atoms with Crippen molar-refractivity contribution in [2.45, 2.75) is 24.3 Å². The Morgan fingerprint density at radius 3 is 2.90 bits per heavy atom. The van der Waals surface area contributed by atoms with Crippen molar-refractivity contribution in [3.63, 3.8) is 0 Å². The van der Waals surface area contributed by atoms with E-state index in [4.69, 9.17) is 11.6 Å². The first-order chi connectivity index (χ1) is 9.63. The van der Waals surface area contributed by atoms with Crippen LogP contribution in [0.15, 0.2) is 45.8 Å². The highest BCUT2D eigenvalue weighted by Gasteiger charge is 2.21. The molecule has 1 N–H and O–H groups in total. The van der Waals surface area contributed by atoms with Crippen LogP contribution in [0.4, 0.5) is 5.69 Å². The van der Waals surface area contributed by atoms with Crippen molar-refractivity contribution in [1.82, 2.24) is 0 Å². The van der Waals surface area contributed by atoms with Crippen LogP contribution in [0.5, 0.6) is 0 Å². The van der Waals surface area contributed by atoms with Crippen LogP contribution in [0.1, 0.15) is 23.6 Å². The standard InChI is InChI=1S/C16H15BrClNS/c1-10-2-4-12(9-14(10)17)19-15-6-7-20-16-5-3-11(18)8-13(15)16/h2-5,8-9,15,19H,6-7H2,1H3. The third-order valence-corrected chi connectivity index (χ3v) is 5.74. The van der Waals surface area contributed by atoms with Gasteiger partial charge < -0.3 is 5.32 Å². The molecule has 0 amide bonds. The molecule has 0 aromatic heterocycles. The molecule has 0 saturated heterocycles. The van der Waals surface area contributed by atoms with E-state index in [0.29, 0.717) is 6.04 Å². The van der Waals surface area contributed by atoms with Gasteiger partial charge in [-0.1, -0.05) is 33.6 Å². The molecule has 2 aromatic carbocycles. The van der Waals surface area contributed by atoms with E-state index in [2.05, 4.69) is 58.5 Å². The van der Waals surface area contributed by atoms with Crippen molar-refractivity contribution in [1.29, 1.82) is 0 Å². The zero-order valence-corrected chi connectivity index (χ0v) is 14.3. The number of nitrogens with one attached hydrogen (secondary N) is 1. The van der Waals surface area contributed by atoms with Crippen molar-refractivity contribution in [3.8, 4) is 0 Å². The van der Waals surface area contributed by atoms with Crippen molar-refractivity contribution < 1.29 is 0 Å². The van der Waals surface area contributed by atoms with Crippen LogP contribution >= 0.6 is 39.3 Å². The zero-order chi connectivity index (χ0) is 14.1. The number of thioether (sulfide) groups is 1. The minimum absolute atomic E-state index is 0.333. The van der Waals surface area contributed by atoms with Crippen LogP contribution in [-0.4, -0.2) is 5.75 Å². The van der Waals surface area contributed by atoms with Crippen molar-refractivity contribution >= 4 is 45.0 Å². The minimum Gasteiger partial charge on any atom is -0.378 e. The molecule has 0 radical (unpaired) electrons. The van der Waals surface area contributed by atoms with Gasteiger partial charge in [-0.05, 0) is 54.8 Å². The van der Waals surface area contributed by atoms with Crippen LogP contribution in [0.3, 0.4) is 0 Å². The predicted octanol–water partition coefficient (Wildman–Crippen LogP) is 6.06. The van der Waals surface area contributed by atoms with Gasteiger partial charge in [-0.2, -0.15) is 0 Å². The number of hydrogen-bond acceptors (Lipinski definition) is 2. The molecule has 20 heavy (non-hydrogen) atoms. The van der Waals surface area contributed by atoms with Crippen molar-refractivity contribution in [3.05, 3.63) is 57.0 Å². The molecule has 0 aliphatic carbocycles. The summed E-state index contributed by atoms with van der Waals surface area (Å²) in [5, 5.41) is 4.44. The lowest BCUT2D eigenvalue weighted by Crippen LogP contribution is -2.16. The van der Waals surface area contributed by atoms with E-state index in [0.717, 1.165) is 27.4 Å². The predicted molar refractivity (Wildman–Crippen MR) is 92.0 cm³/mol. The van der Waals surface area contributed by atoms with E-state index in [9.17, 15) is 0 Å². The zero-order valence-electron chi connectivity index (χ0n) is 11.1. The third-order valence-electron chi connectivity index (χ3n) is 3.52. The summed E-state index contributed by atoms with van der Waals surface area (Å²) < 4.78 is 1.14. The normalized spacial score (nSPS) is 17.6. The van der Waals surface area contributed by atoms with Gasteiger partial charge in [0.2, 0.25) is 0 Å². The number of aryl methyl sites for hydroxylation is 1. The molecular weight excluding hydrogens is 354 g/mol. The van der Waals surface area contributed by atoms with E-state index < -0.39 is 0 Å². The van der Waals surface area contributed by atoms with Gasteiger partial charge in [-0.15, -0.1) is 11.8 Å². The minimum atomic E-state index is 0.333. The largest absolute Gasteiger partial charge is 0.378 e. The summed E-state index contributed by atoms with van der Waals surface area (Å²) in [5.74, 6) is 1.14. The molecule has 1 unspecified atom stereocenters. The van der Waals surface area contributed by atoms with Gasteiger partial charge in [-0.3, -0.25) is 0 Å². The summed E-state index contributed by atoms with van der Waals surface area (Å²) >= 11 is 11.6. The summed E-state index contributed by atoms with van der Waals surface area (Å²) in [5.41, 5.74) is 3.70. The first kappa shape index (κ1) is 14.3. The molecule has 0 fully saturated rings. The fraction of sp³-hybridized carbons (Fsp3) is 0.250. The Morgan fingerprint density at radius 2 is 2.10 bits per heavy atom. The molecular formula is C16H15BrClNS. The van der Waals surface area contributed by atoms with Gasteiger partial charge in [0.15, 0.2) is 0 Å².